The summed E-state index contributed by atoms with van der Waals surface area (Å²) in [6, 6.07) is 0. The maximum absolute atomic E-state index is 8.54. The molecule has 0 heterocycles. The zero-order valence-electron chi connectivity index (χ0n) is 8.55. The van der Waals surface area contributed by atoms with Crippen molar-refractivity contribution in [2.45, 2.75) is 38.5 Å². The number of hydrogen-bond donors (Lipinski definition) is 1. The average Bonchev–Trinajstić information content (AvgIpc) is 2.02. The van der Waals surface area contributed by atoms with E-state index in [1.165, 1.54) is 38.6 Å². The predicted octanol–water partition coefficient (Wildman–Crippen LogP) is 1.88. The van der Waals surface area contributed by atoms with E-state index in [1.54, 1.807) is 0 Å². The Labute approximate surface area is 76.6 Å². The van der Waals surface area contributed by atoms with Gasteiger partial charge in [0.25, 0.3) is 0 Å². The Morgan fingerprint density at radius 1 is 0.833 bits per heavy atom. The van der Waals surface area contributed by atoms with Crippen LogP contribution in [-0.2, 0) is 0 Å². The first-order valence-corrected chi connectivity index (χ1v) is 5.03. The highest BCUT2D eigenvalue weighted by Crippen LogP contribution is 2.04. The van der Waals surface area contributed by atoms with Crippen molar-refractivity contribution in [2.24, 2.45) is 0 Å². The second kappa shape index (κ2) is 9.01. The monoisotopic (exact) mass is 173 g/mol. The molecule has 0 bridgehead atoms. The Morgan fingerprint density at radius 3 is 1.83 bits per heavy atom. The van der Waals surface area contributed by atoms with Gasteiger partial charge in [-0.15, -0.1) is 0 Å². The topological polar surface area (TPSA) is 23.5 Å². The Hall–Kier alpha value is -0.0800. The van der Waals surface area contributed by atoms with Crippen LogP contribution in [0.25, 0.3) is 0 Å². The molecule has 0 unspecified atom stereocenters. The van der Waals surface area contributed by atoms with Gasteiger partial charge in [-0.1, -0.05) is 25.7 Å². The summed E-state index contributed by atoms with van der Waals surface area (Å²) in [6.07, 6.45) is 7.43. The van der Waals surface area contributed by atoms with Gasteiger partial charge in [-0.3, -0.25) is 0 Å². The summed E-state index contributed by atoms with van der Waals surface area (Å²) in [7, 11) is 4.23. The minimum absolute atomic E-state index is 0.359. The van der Waals surface area contributed by atoms with Crippen molar-refractivity contribution in [1.82, 2.24) is 4.90 Å². The quantitative estimate of drug-likeness (QED) is 0.566. The van der Waals surface area contributed by atoms with Crippen LogP contribution in [0.2, 0.25) is 0 Å². The van der Waals surface area contributed by atoms with Crippen molar-refractivity contribution >= 4 is 0 Å². The standard InChI is InChI=1S/C10H23NO/c1-11(2)9-7-5-3-4-6-8-10-12/h12H,3-10H2,1-2H3. The lowest BCUT2D eigenvalue weighted by Gasteiger charge is -2.08. The van der Waals surface area contributed by atoms with Crippen LogP contribution in [-0.4, -0.2) is 37.3 Å². The van der Waals surface area contributed by atoms with E-state index in [2.05, 4.69) is 19.0 Å². The number of aliphatic hydroxyl groups is 1. The molecule has 0 radical (unpaired) electrons. The van der Waals surface area contributed by atoms with Gasteiger partial charge in [0.05, 0.1) is 0 Å². The second-order valence-corrected chi connectivity index (χ2v) is 3.65. The van der Waals surface area contributed by atoms with Crippen LogP contribution in [0, 0.1) is 0 Å². The first-order chi connectivity index (χ1) is 5.77. The van der Waals surface area contributed by atoms with Gasteiger partial charge in [-0.05, 0) is 33.5 Å². The minimum Gasteiger partial charge on any atom is -0.396 e. The third kappa shape index (κ3) is 9.92. The van der Waals surface area contributed by atoms with E-state index in [0.717, 1.165) is 6.42 Å². The van der Waals surface area contributed by atoms with Crippen molar-refractivity contribution in [1.29, 1.82) is 0 Å². The molecule has 1 N–H and O–H groups in total. The van der Waals surface area contributed by atoms with Gasteiger partial charge in [-0.25, -0.2) is 0 Å². The molecule has 0 aromatic carbocycles. The summed E-state index contributed by atoms with van der Waals surface area (Å²) < 4.78 is 0. The molecule has 0 atom stereocenters. The molecule has 0 saturated carbocycles. The Balaban J connectivity index is 2.82. The van der Waals surface area contributed by atoms with Crippen molar-refractivity contribution in [2.75, 3.05) is 27.2 Å². The van der Waals surface area contributed by atoms with Crippen LogP contribution in [0.3, 0.4) is 0 Å². The molecule has 0 aromatic rings. The molecule has 0 aliphatic carbocycles. The molecular formula is C10H23NO. The highest BCUT2D eigenvalue weighted by atomic mass is 16.2. The second-order valence-electron chi connectivity index (χ2n) is 3.65. The van der Waals surface area contributed by atoms with Crippen molar-refractivity contribution in [3.8, 4) is 0 Å². The summed E-state index contributed by atoms with van der Waals surface area (Å²) in [5.41, 5.74) is 0. The first kappa shape index (κ1) is 11.9. The SMILES string of the molecule is CN(C)CCCCCCCCO. The van der Waals surface area contributed by atoms with Gasteiger partial charge in [0.2, 0.25) is 0 Å². The average molecular weight is 173 g/mol. The molecule has 0 saturated heterocycles. The van der Waals surface area contributed by atoms with Gasteiger partial charge in [-0.2, -0.15) is 0 Å². The molecule has 12 heavy (non-hydrogen) atoms. The third-order valence-electron chi connectivity index (χ3n) is 2.01. The summed E-state index contributed by atoms with van der Waals surface area (Å²) in [5, 5.41) is 8.54. The van der Waals surface area contributed by atoms with Crippen LogP contribution >= 0.6 is 0 Å². The lowest BCUT2D eigenvalue weighted by Crippen LogP contribution is -2.12. The number of unbranched alkanes of at least 4 members (excludes halogenated alkanes) is 5. The van der Waals surface area contributed by atoms with E-state index >= 15 is 0 Å². The van der Waals surface area contributed by atoms with Crippen molar-refractivity contribution < 1.29 is 5.11 Å². The van der Waals surface area contributed by atoms with Crippen LogP contribution in [0.4, 0.5) is 0 Å². The zero-order chi connectivity index (χ0) is 9.23. The molecule has 74 valence electrons. The van der Waals surface area contributed by atoms with Gasteiger partial charge in [0, 0.05) is 6.61 Å². The maximum atomic E-state index is 8.54. The van der Waals surface area contributed by atoms with Gasteiger partial charge in [0.15, 0.2) is 0 Å². The molecule has 2 nitrogen and oxygen atoms in total. The smallest absolute Gasteiger partial charge is 0.0431 e. The van der Waals surface area contributed by atoms with Crippen LogP contribution in [0.1, 0.15) is 38.5 Å². The van der Waals surface area contributed by atoms with E-state index in [-0.39, 0.29) is 0 Å². The molecule has 0 rings (SSSR count). The van der Waals surface area contributed by atoms with Crippen molar-refractivity contribution in [3.63, 3.8) is 0 Å². The van der Waals surface area contributed by atoms with E-state index in [9.17, 15) is 0 Å². The molecule has 0 spiro atoms. The van der Waals surface area contributed by atoms with E-state index in [4.69, 9.17) is 5.11 Å². The fourth-order valence-corrected chi connectivity index (χ4v) is 1.25. The molecule has 0 aliphatic rings. The van der Waals surface area contributed by atoms with Gasteiger partial charge >= 0.3 is 0 Å². The van der Waals surface area contributed by atoms with Crippen molar-refractivity contribution in [3.05, 3.63) is 0 Å². The largest absolute Gasteiger partial charge is 0.396 e. The minimum atomic E-state index is 0.359. The number of rotatable bonds is 8. The molecule has 0 fully saturated rings. The van der Waals surface area contributed by atoms with Crippen LogP contribution in [0.15, 0.2) is 0 Å². The van der Waals surface area contributed by atoms with Gasteiger partial charge < -0.3 is 10.0 Å². The predicted molar refractivity (Wildman–Crippen MR) is 53.3 cm³/mol. The van der Waals surface area contributed by atoms with E-state index < -0.39 is 0 Å². The molecular weight excluding hydrogens is 150 g/mol. The maximum Gasteiger partial charge on any atom is 0.0431 e. The van der Waals surface area contributed by atoms with Crippen LogP contribution < -0.4 is 0 Å². The molecule has 0 aromatic heterocycles. The summed E-state index contributed by atoms with van der Waals surface area (Å²) in [6.45, 7) is 1.57. The zero-order valence-corrected chi connectivity index (χ0v) is 8.55. The van der Waals surface area contributed by atoms with Crippen LogP contribution in [0.5, 0.6) is 0 Å². The molecule has 2 heteroatoms. The highest BCUT2D eigenvalue weighted by molar-refractivity contribution is 4.47. The normalized spacial score (nSPS) is 11.0. The number of aliphatic hydroxyl groups excluding tert-OH is 1. The van der Waals surface area contributed by atoms with Gasteiger partial charge in [0.1, 0.15) is 0 Å². The lowest BCUT2D eigenvalue weighted by atomic mass is 10.1. The van der Waals surface area contributed by atoms with E-state index in [0.29, 0.717) is 6.61 Å². The Bertz CT molecular complexity index is 83.9. The summed E-state index contributed by atoms with van der Waals surface area (Å²) in [5.74, 6) is 0. The first-order valence-electron chi connectivity index (χ1n) is 5.03. The number of hydrogen-bond acceptors (Lipinski definition) is 2. The Morgan fingerprint density at radius 2 is 1.33 bits per heavy atom. The lowest BCUT2D eigenvalue weighted by molar-refractivity contribution is 0.282. The third-order valence-corrected chi connectivity index (χ3v) is 2.01. The fraction of sp³-hybridized carbons (Fsp3) is 1.00. The summed E-state index contributed by atoms with van der Waals surface area (Å²) >= 11 is 0. The number of nitrogens with zero attached hydrogens (tertiary/aromatic N) is 1. The molecule has 0 aliphatic heterocycles. The molecule has 0 amide bonds. The van der Waals surface area contributed by atoms with E-state index in [1.807, 2.05) is 0 Å². The highest BCUT2D eigenvalue weighted by Gasteiger charge is 1.91. The Kier molecular flexibility index (Phi) is 8.95. The summed E-state index contributed by atoms with van der Waals surface area (Å²) in [4.78, 5) is 2.23. The fourth-order valence-electron chi connectivity index (χ4n) is 1.25.